The summed E-state index contributed by atoms with van der Waals surface area (Å²) in [7, 11) is 0. The lowest BCUT2D eigenvalue weighted by Crippen LogP contribution is -2.22. The molecule has 0 aliphatic rings. The van der Waals surface area contributed by atoms with Crippen molar-refractivity contribution >= 4 is 28.8 Å². The Balaban J connectivity index is 2.02. The number of carbonyl (C=O) groups excluding carboxylic acids is 1. The summed E-state index contributed by atoms with van der Waals surface area (Å²) in [6.45, 7) is 2.11. The van der Waals surface area contributed by atoms with Gasteiger partial charge in [0.05, 0.1) is 0 Å². The first-order valence-corrected chi connectivity index (χ1v) is 6.48. The van der Waals surface area contributed by atoms with Crippen LogP contribution < -0.4 is 10.2 Å². The highest BCUT2D eigenvalue weighted by Gasteiger charge is 2.12. The minimum absolute atomic E-state index is 0.218. The highest BCUT2D eigenvalue weighted by Crippen LogP contribution is 2.10. The monoisotopic (exact) mass is 282 g/mol. The van der Waals surface area contributed by atoms with Crippen molar-refractivity contribution in [3.05, 3.63) is 55.1 Å². The summed E-state index contributed by atoms with van der Waals surface area (Å²) in [6.07, 6.45) is 0. The zero-order valence-corrected chi connectivity index (χ0v) is 11.2. The van der Waals surface area contributed by atoms with E-state index in [0.717, 1.165) is 16.9 Å². The van der Waals surface area contributed by atoms with Crippen LogP contribution in [0.15, 0.2) is 29.1 Å². The van der Waals surface area contributed by atoms with E-state index in [2.05, 4.69) is 10.3 Å². The van der Waals surface area contributed by atoms with E-state index >= 15 is 0 Å². The molecule has 0 aliphatic carbocycles. The van der Waals surface area contributed by atoms with E-state index in [1.54, 1.807) is 19.1 Å². The van der Waals surface area contributed by atoms with E-state index in [4.69, 9.17) is 11.6 Å². The highest BCUT2D eigenvalue weighted by atomic mass is 35.5. The van der Waals surface area contributed by atoms with Gasteiger partial charge in [0.25, 0.3) is 5.91 Å². The number of aryl methyl sites for hydroxylation is 1. The van der Waals surface area contributed by atoms with E-state index in [1.807, 2.05) is 12.1 Å². The van der Waals surface area contributed by atoms with Crippen LogP contribution in [0.3, 0.4) is 0 Å². The number of halogens is 1. The number of amides is 1. The lowest BCUT2D eigenvalue weighted by atomic mass is 10.2. The molecule has 1 aromatic carbocycles. The molecule has 1 aromatic heterocycles. The lowest BCUT2D eigenvalue weighted by molar-refractivity contribution is 0.0954. The van der Waals surface area contributed by atoms with E-state index in [9.17, 15) is 9.59 Å². The number of thiazole rings is 1. The average molecular weight is 283 g/mol. The molecule has 94 valence electrons. The van der Waals surface area contributed by atoms with Gasteiger partial charge in [0.2, 0.25) is 0 Å². The fourth-order valence-corrected chi connectivity index (χ4v) is 2.37. The molecule has 0 bridgehead atoms. The fourth-order valence-electron chi connectivity index (χ4n) is 1.49. The summed E-state index contributed by atoms with van der Waals surface area (Å²) < 4.78 is 0. The van der Waals surface area contributed by atoms with Crippen LogP contribution in [-0.2, 0) is 6.54 Å². The summed E-state index contributed by atoms with van der Waals surface area (Å²) in [5, 5.41) is 3.42. The SMILES string of the molecule is Cc1[nH]c(=O)sc1C(=O)NCc1ccc(Cl)cc1. The molecule has 0 radical (unpaired) electrons. The van der Waals surface area contributed by atoms with Crippen molar-refractivity contribution in [2.45, 2.75) is 13.5 Å². The van der Waals surface area contributed by atoms with Gasteiger partial charge in [-0.2, -0.15) is 0 Å². The molecule has 2 rings (SSSR count). The van der Waals surface area contributed by atoms with E-state index in [-0.39, 0.29) is 10.8 Å². The predicted octanol–water partition coefficient (Wildman–Crippen LogP) is 2.33. The van der Waals surface area contributed by atoms with Gasteiger partial charge in [-0.15, -0.1) is 0 Å². The van der Waals surface area contributed by atoms with Crippen LogP contribution in [0.1, 0.15) is 20.9 Å². The first-order chi connectivity index (χ1) is 8.56. The number of benzene rings is 1. The number of rotatable bonds is 3. The third-order valence-corrected chi connectivity index (χ3v) is 3.63. The lowest BCUT2D eigenvalue weighted by Gasteiger charge is -2.04. The Morgan fingerprint density at radius 1 is 1.39 bits per heavy atom. The normalized spacial score (nSPS) is 10.3. The Labute approximate surface area is 113 Å². The minimum Gasteiger partial charge on any atom is -0.347 e. The van der Waals surface area contributed by atoms with Crippen molar-refractivity contribution in [3.8, 4) is 0 Å². The van der Waals surface area contributed by atoms with Gasteiger partial charge in [-0.25, -0.2) is 0 Å². The number of nitrogens with one attached hydrogen (secondary N) is 2. The summed E-state index contributed by atoms with van der Waals surface area (Å²) in [5.74, 6) is -0.245. The second-order valence-corrected chi connectivity index (χ2v) is 5.20. The summed E-state index contributed by atoms with van der Waals surface area (Å²) in [6, 6.07) is 7.22. The zero-order valence-electron chi connectivity index (χ0n) is 9.62. The largest absolute Gasteiger partial charge is 0.347 e. The Morgan fingerprint density at radius 3 is 2.61 bits per heavy atom. The summed E-state index contributed by atoms with van der Waals surface area (Å²) >= 11 is 6.69. The molecule has 4 nitrogen and oxygen atoms in total. The van der Waals surface area contributed by atoms with Crippen LogP contribution in [-0.4, -0.2) is 10.9 Å². The number of hydrogen-bond donors (Lipinski definition) is 2. The summed E-state index contributed by atoms with van der Waals surface area (Å²) in [5.41, 5.74) is 1.55. The average Bonchev–Trinajstić information content (AvgIpc) is 2.67. The van der Waals surface area contributed by atoms with Gasteiger partial charge in [-0.1, -0.05) is 35.1 Å². The van der Waals surface area contributed by atoms with E-state index in [1.165, 1.54) is 0 Å². The minimum atomic E-state index is -0.245. The molecule has 0 atom stereocenters. The van der Waals surface area contributed by atoms with Crippen molar-refractivity contribution in [1.29, 1.82) is 0 Å². The molecule has 2 N–H and O–H groups in total. The zero-order chi connectivity index (χ0) is 13.1. The topological polar surface area (TPSA) is 62.0 Å². The van der Waals surface area contributed by atoms with Gasteiger partial charge in [-0.05, 0) is 24.6 Å². The maximum absolute atomic E-state index is 11.8. The van der Waals surface area contributed by atoms with Gasteiger partial charge < -0.3 is 10.3 Å². The highest BCUT2D eigenvalue weighted by molar-refractivity contribution is 7.11. The molecule has 6 heteroatoms. The Bertz CT molecular complexity index is 616. The molecule has 0 unspecified atom stereocenters. The maximum Gasteiger partial charge on any atom is 0.305 e. The van der Waals surface area contributed by atoms with Crippen molar-refractivity contribution in [3.63, 3.8) is 0 Å². The van der Waals surface area contributed by atoms with Gasteiger partial charge in [0.15, 0.2) is 0 Å². The number of aromatic nitrogens is 1. The molecule has 0 aliphatic heterocycles. The third-order valence-electron chi connectivity index (χ3n) is 2.40. The van der Waals surface area contributed by atoms with Crippen molar-refractivity contribution in [1.82, 2.24) is 10.3 Å². The molecule has 2 aromatic rings. The molecular formula is C12H11ClN2O2S. The van der Waals surface area contributed by atoms with Crippen LogP contribution in [0.25, 0.3) is 0 Å². The van der Waals surface area contributed by atoms with Crippen LogP contribution >= 0.6 is 22.9 Å². The Morgan fingerprint density at radius 2 is 2.06 bits per heavy atom. The van der Waals surface area contributed by atoms with Crippen LogP contribution in [0, 0.1) is 6.92 Å². The number of H-pyrrole nitrogens is 1. The second kappa shape index (κ2) is 5.37. The Hall–Kier alpha value is -1.59. The predicted molar refractivity (Wildman–Crippen MR) is 72.3 cm³/mol. The fraction of sp³-hybridized carbons (Fsp3) is 0.167. The molecule has 0 saturated carbocycles. The van der Waals surface area contributed by atoms with Crippen LogP contribution in [0.5, 0.6) is 0 Å². The maximum atomic E-state index is 11.8. The molecule has 1 amide bonds. The van der Waals surface area contributed by atoms with Gasteiger partial charge in [0.1, 0.15) is 4.88 Å². The molecular weight excluding hydrogens is 272 g/mol. The number of aromatic amines is 1. The van der Waals surface area contributed by atoms with Gasteiger partial charge >= 0.3 is 4.87 Å². The molecule has 1 heterocycles. The van der Waals surface area contributed by atoms with Crippen LogP contribution in [0.2, 0.25) is 5.02 Å². The molecule has 0 saturated heterocycles. The molecule has 0 spiro atoms. The molecule has 18 heavy (non-hydrogen) atoms. The summed E-state index contributed by atoms with van der Waals surface area (Å²) in [4.78, 5) is 25.7. The van der Waals surface area contributed by atoms with Gasteiger partial charge in [0, 0.05) is 17.3 Å². The Kier molecular flexibility index (Phi) is 3.84. The number of carbonyl (C=O) groups is 1. The first-order valence-electron chi connectivity index (χ1n) is 5.28. The standard InChI is InChI=1S/C12H11ClN2O2S/c1-7-10(18-12(17)15-7)11(16)14-6-8-2-4-9(13)5-3-8/h2-5H,6H2,1H3,(H,14,16)(H,15,17). The van der Waals surface area contributed by atoms with E-state index < -0.39 is 0 Å². The second-order valence-electron chi connectivity index (χ2n) is 3.78. The van der Waals surface area contributed by atoms with Gasteiger partial charge in [-0.3, -0.25) is 9.59 Å². The first kappa shape index (κ1) is 12.9. The quantitative estimate of drug-likeness (QED) is 0.908. The molecule has 0 fully saturated rings. The van der Waals surface area contributed by atoms with Crippen molar-refractivity contribution < 1.29 is 4.79 Å². The third kappa shape index (κ3) is 3.00. The van der Waals surface area contributed by atoms with Crippen LogP contribution in [0.4, 0.5) is 0 Å². The number of hydrogen-bond acceptors (Lipinski definition) is 3. The van der Waals surface area contributed by atoms with E-state index in [0.29, 0.717) is 22.1 Å². The van der Waals surface area contributed by atoms with Crippen molar-refractivity contribution in [2.24, 2.45) is 0 Å². The smallest absolute Gasteiger partial charge is 0.305 e. The van der Waals surface area contributed by atoms with Crippen molar-refractivity contribution in [2.75, 3.05) is 0 Å².